The second-order valence-corrected chi connectivity index (χ2v) is 4.05. The monoisotopic (exact) mass is 245 g/mol. The first-order valence-corrected chi connectivity index (χ1v) is 5.96. The van der Waals surface area contributed by atoms with Crippen molar-refractivity contribution in [2.75, 3.05) is 11.9 Å². The predicted octanol–water partition coefficient (Wildman–Crippen LogP) is 2.86. The molecule has 3 nitrogen and oxygen atoms in total. The Morgan fingerprint density at radius 1 is 1.22 bits per heavy atom. The van der Waals surface area contributed by atoms with Crippen LogP contribution in [0, 0.1) is 5.82 Å². The second kappa shape index (κ2) is 6.12. The summed E-state index contributed by atoms with van der Waals surface area (Å²) in [6, 6.07) is 10.8. The summed E-state index contributed by atoms with van der Waals surface area (Å²) in [5.74, 6) is -0.113. The van der Waals surface area contributed by atoms with Crippen molar-refractivity contribution in [1.29, 1.82) is 0 Å². The highest BCUT2D eigenvalue weighted by Crippen LogP contribution is 2.18. The normalized spacial score (nSPS) is 10.3. The number of hydrogen-bond acceptors (Lipinski definition) is 3. The molecule has 0 radical (unpaired) electrons. The molecule has 4 heteroatoms. The summed E-state index contributed by atoms with van der Waals surface area (Å²) in [6.07, 6.45) is 3.43. The molecular weight excluding hydrogens is 229 g/mol. The minimum absolute atomic E-state index is 0.244. The van der Waals surface area contributed by atoms with Crippen molar-refractivity contribution in [3.05, 3.63) is 54.0 Å². The second-order valence-electron chi connectivity index (χ2n) is 4.05. The third kappa shape index (κ3) is 3.28. The third-order valence-corrected chi connectivity index (χ3v) is 2.62. The molecule has 0 atom stereocenters. The number of aromatic nitrogens is 1. The number of aryl methyl sites for hydroxylation is 1. The summed E-state index contributed by atoms with van der Waals surface area (Å²) >= 11 is 0. The van der Waals surface area contributed by atoms with E-state index in [4.69, 9.17) is 5.73 Å². The number of nitrogens with two attached hydrogens (primary N) is 1. The molecule has 3 N–H and O–H groups in total. The standard InChI is InChI=1S/C14H16FN3/c15-13-7-3-9-17-14(13)18-12-6-1-4-11(10-12)5-2-8-16/h1,3-4,6-7,9-10H,2,5,8,16H2,(H,17,18). The molecule has 0 aliphatic heterocycles. The molecule has 0 unspecified atom stereocenters. The number of benzene rings is 1. The fourth-order valence-electron chi connectivity index (χ4n) is 1.73. The van der Waals surface area contributed by atoms with Gasteiger partial charge in [0.05, 0.1) is 0 Å². The first kappa shape index (κ1) is 12.5. The molecule has 0 fully saturated rings. The van der Waals surface area contributed by atoms with Gasteiger partial charge < -0.3 is 11.1 Å². The molecule has 1 aromatic heterocycles. The van der Waals surface area contributed by atoms with Gasteiger partial charge >= 0.3 is 0 Å². The van der Waals surface area contributed by atoms with Crippen LogP contribution in [-0.2, 0) is 6.42 Å². The summed E-state index contributed by atoms with van der Waals surface area (Å²) < 4.78 is 13.4. The Hall–Kier alpha value is -1.94. The fourth-order valence-corrected chi connectivity index (χ4v) is 1.73. The smallest absolute Gasteiger partial charge is 0.166 e. The Morgan fingerprint density at radius 3 is 2.89 bits per heavy atom. The molecule has 0 spiro atoms. The molecule has 0 aliphatic carbocycles. The van der Waals surface area contributed by atoms with E-state index in [0.717, 1.165) is 18.5 Å². The van der Waals surface area contributed by atoms with Gasteiger partial charge in [-0.25, -0.2) is 9.37 Å². The Balaban J connectivity index is 2.12. The maximum atomic E-state index is 13.4. The first-order chi connectivity index (χ1) is 8.79. The number of pyridine rings is 1. The van der Waals surface area contributed by atoms with E-state index in [9.17, 15) is 4.39 Å². The van der Waals surface area contributed by atoms with Gasteiger partial charge in [0.1, 0.15) is 0 Å². The van der Waals surface area contributed by atoms with E-state index in [2.05, 4.69) is 10.3 Å². The Labute approximate surface area is 106 Å². The topological polar surface area (TPSA) is 50.9 Å². The van der Waals surface area contributed by atoms with Crippen LogP contribution in [0.1, 0.15) is 12.0 Å². The number of anilines is 2. The van der Waals surface area contributed by atoms with Gasteiger partial charge in [-0.3, -0.25) is 0 Å². The van der Waals surface area contributed by atoms with Crippen LogP contribution in [0.25, 0.3) is 0 Å². The van der Waals surface area contributed by atoms with Gasteiger partial charge in [-0.15, -0.1) is 0 Å². The van der Waals surface area contributed by atoms with Crippen molar-refractivity contribution in [3.8, 4) is 0 Å². The van der Waals surface area contributed by atoms with E-state index >= 15 is 0 Å². The van der Waals surface area contributed by atoms with Gasteiger partial charge in [0, 0.05) is 11.9 Å². The molecule has 0 aliphatic rings. The molecule has 2 rings (SSSR count). The van der Waals surface area contributed by atoms with E-state index in [-0.39, 0.29) is 11.6 Å². The fraction of sp³-hybridized carbons (Fsp3) is 0.214. The Kier molecular flexibility index (Phi) is 4.25. The van der Waals surface area contributed by atoms with Gasteiger partial charge in [-0.05, 0) is 49.2 Å². The van der Waals surface area contributed by atoms with Crippen molar-refractivity contribution in [2.24, 2.45) is 5.73 Å². The molecule has 18 heavy (non-hydrogen) atoms. The van der Waals surface area contributed by atoms with Crippen molar-refractivity contribution in [2.45, 2.75) is 12.8 Å². The van der Waals surface area contributed by atoms with Crippen molar-refractivity contribution < 1.29 is 4.39 Å². The molecule has 1 aromatic carbocycles. The highest BCUT2D eigenvalue weighted by molar-refractivity contribution is 5.57. The summed E-state index contributed by atoms with van der Waals surface area (Å²) in [7, 11) is 0. The van der Waals surface area contributed by atoms with Crippen molar-refractivity contribution >= 4 is 11.5 Å². The van der Waals surface area contributed by atoms with E-state index < -0.39 is 0 Å². The lowest BCUT2D eigenvalue weighted by Crippen LogP contribution is -2.01. The van der Waals surface area contributed by atoms with Gasteiger partial charge in [0.15, 0.2) is 11.6 Å². The van der Waals surface area contributed by atoms with Crippen LogP contribution in [0.4, 0.5) is 15.9 Å². The molecule has 2 aromatic rings. The zero-order valence-electron chi connectivity index (χ0n) is 10.1. The average molecular weight is 245 g/mol. The number of nitrogens with one attached hydrogen (secondary N) is 1. The van der Waals surface area contributed by atoms with Gasteiger partial charge in [-0.1, -0.05) is 12.1 Å². The molecule has 0 amide bonds. The Bertz CT molecular complexity index is 514. The molecule has 94 valence electrons. The lowest BCUT2D eigenvalue weighted by molar-refractivity contribution is 0.626. The highest BCUT2D eigenvalue weighted by atomic mass is 19.1. The van der Waals surface area contributed by atoms with Crippen LogP contribution in [0.15, 0.2) is 42.6 Å². The summed E-state index contributed by atoms with van der Waals surface area (Å²) in [4.78, 5) is 3.96. The van der Waals surface area contributed by atoms with Crippen LogP contribution in [0.2, 0.25) is 0 Å². The summed E-state index contributed by atoms with van der Waals surface area (Å²) in [5.41, 5.74) is 7.50. The van der Waals surface area contributed by atoms with Crippen LogP contribution in [0.3, 0.4) is 0 Å². The molecule has 0 bridgehead atoms. The predicted molar refractivity (Wildman–Crippen MR) is 71.3 cm³/mol. The number of hydrogen-bond donors (Lipinski definition) is 2. The number of rotatable bonds is 5. The van der Waals surface area contributed by atoms with Crippen molar-refractivity contribution in [1.82, 2.24) is 4.98 Å². The van der Waals surface area contributed by atoms with Gasteiger partial charge in [0.25, 0.3) is 0 Å². The van der Waals surface area contributed by atoms with E-state index in [1.807, 2.05) is 24.3 Å². The average Bonchev–Trinajstić information content (AvgIpc) is 2.40. The zero-order chi connectivity index (χ0) is 12.8. The molecule has 0 saturated carbocycles. The van der Waals surface area contributed by atoms with E-state index in [1.54, 1.807) is 12.3 Å². The SMILES string of the molecule is NCCCc1cccc(Nc2ncccc2F)c1. The zero-order valence-corrected chi connectivity index (χ0v) is 10.1. The van der Waals surface area contributed by atoms with Crippen LogP contribution in [-0.4, -0.2) is 11.5 Å². The summed E-state index contributed by atoms with van der Waals surface area (Å²) in [5, 5.41) is 2.97. The lowest BCUT2D eigenvalue weighted by Gasteiger charge is -2.08. The maximum absolute atomic E-state index is 13.4. The molecule has 1 heterocycles. The van der Waals surface area contributed by atoms with Crippen LogP contribution >= 0.6 is 0 Å². The van der Waals surface area contributed by atoms with Crippen molar-refractivity contribution in [3.63, 3.8) is 0 Å². The quantitative estimate of drug-likeness (QED) is 0.851. The lowest BCUT2D eigenvalue weighted by atomic mass is 10.1. The minimum atomic E-state index is -0.357. The maximum Gasteiger partial charge on any atom is 0.166 e. The Morgan fingerprint density at radius 2 is 2.11 bits per heavy atom. The highest BCUT2D eigenvalue weighted by Gasteiger charge is 2.02. The third-order valence-electron chi connectivity index (χ3n) is 2.62. The first-order valence-electron chi connectivity index (χ1n) is 5.96. The van der Waals surface area contributed by atoms with Crippen LogP contribution in [0.5, 0.6) is 0 Å². The number of nitrogens with zero attached hydrogens (tertiary/aromatic N) is 1. The largest absolute Gasteiger partial charge is 0.338 e. The molecule has 0 saturated heterocycles. The minimum Gasteiger partial charge on any atom is -0.338 e. The van der Waals surface area contributed by atoms with Crippen LogP contribution < -0.4 is 11.1 Å². The van der Waals surface area contributed by atoms with E-state index in [1.165, 1.54) is 11.6 Å². The molecular formula is C14H16FN3. The number of halogens is 1. The van der Waals surface area contributed by atoms with Gasteiger partial charge in [-0.2, -0.15) is 0 Å². The van der Waals surface area contributed by atoms with E-state index in [0.29, 0.717) is 6.54 Å². The summed E-state index contributed by atoms with van der Waals surface area (Å²) in [6.45, 7) is 0.673. The van der Waals surface area contributed by atoms with Gasteiger partial charge in [0.2, 0.25) is 0 Å².